The third-order valence-electron chi connectivity index (χ3n) is 3.22. The van der Waals surface area contributed by atoms with Gasteiger partial charge in [0.05, 0.1) is 18.7 Å². The minimum Gasteiger partial charge on any atom is -0.495 e. The fraction of sp³-hybridized carbons (Fsp3) is 0.308. The molecule has 1 aromatic heterocycles. The maximum absolute atomic E-state index is 13.9. The Morgan fingerprint density at radius 3 is 2.78 bits per heavy atom. The maximum atomic E-state index is 13.9. The van der Waals surface area contributed by atoms with Crippen molar-refractivity contribution in [3.8, 4) is 5.75 Å². The van der Waals surface area contributed by atoms with E-state index in [1.807, 2.05) is 0 Å². The fourth-order valence-electron chi connectivity index (χ4n) is 2.24. The minimum absolute atomic E-state index is 0.271. The topological polar surface area (TPSA) is 31.2 Å². The molecule has 0 radical (unpaired) electrons. The molecule has 3 rings (SSSR count). The molecule has 1 saturated carbocycles. The van der Waals surface area contributed by atoms with Crippen LogP contribution in [0.4, 0.5) is 8.78 Å². The van der Waals surface area contributed by atoms with E-state index < -0.39 is 23.6 Å². The smallest absolute Gasteiger partial charge is 0.198 e. The van der Waals surface area contributed by atoms with Gasteiger partial charge >= 0.3 is 0 Å². The van der Waals surface area contributed by atoms with Crippen LogP contribution >= 0.6 is 0 Å². The zero-order valence-corrected chi connectivity index (χ0v) is 9.69. The standard InChI is InChI=1S/C13H11F2NO2/c1-18-11-4-2-3-7-10(17)6-12(15)16(13(7)11)9-5-8(9)14/h2-4,6,8-9H,5H2,1H3/t8-,9+/m0/s1. The van der Waals surface area contributed by atoms with Crippen molar-refractivity contribution < 1.29 is 13.5 Å². The molecule has 5 heteroatoms. The number of hydrogen-bond donors (Lipinski definition) is 0. The third kappa shape index (κ3) is 1.50. The Morgan fingerprint density at radius 2 is 2.17 bits per heavy atom. The lowest BCUT2D eigenvalue weighted by Gasteiger charge is -2.14. The van der Waals surface area contributed by atoms with Crippen LogP contribution in [0.5, 0.6) is 5.75 Å². The van der Waals surface area contributed by atoms with Gasteiger partial charge in [-0.05, 0) is 12.1 Å². The van der Waals surface area contributed by atoms with Crippen LogP contribution in [0.2, 0.25) is 0 Å². The normalized spacial score (nSPS) is 22.2. The first-order chi connectivity index (χ1) is 8.63. The van der Waals surface area contributed by atoms with E-state index in [-0.39, 0.29) is 6.42 Å². The molecule has 18 heavy (non-hydrogen) atoms. The molecule has 2 aromatic rings. The second-order valence-electron chi connectivity index (χ2n) is 4.38. The number of methoxy groups -OCH3 is 1. The van der Waals surface area contributed by atoms with Crippen LogP contribution in [0.15, 0.2) is 29.1 Å². The summed E-state index contributed by atoms with van der Waals surface area (Å²) in [4.78, 5) is 11.7. The van der Waals surface area contributed by atoms with Gasteiger partial charge in [0.1, 0.15) is 11.9 Å². The van der Waals surface area contributed by atoms with Gasteiger partial charge in [-0.25, -0.2) is 4.39 Å². The summed E-state index contributed by atoms with van der Waals surface area (Å²) in [5.41, 5.74) is -0.0936. The van der Waals surface area contributed by atoms with E-state index in [4.69, 9.17) is 4.74 Å². The molecule has 1 heterocycles. The van der Waals surface area contributed by atoms with Crippen LogP contribution in [0, 0.1) is 5.95 Å². The van der Waals surface area contributed by atoms with Crippen LogP contribution in [-0.4, -0.2) is 17.8 Å². The zero-order valence-electron chi connectivity index (χ0n) is 9.69. The summed E-state index contributed by atoms with van der Waals surface area (Å²) in [5.74, 6) is -0.342. The lowest BCUT2D eigenvalue weighted by molar-refractivity contribution is 0.400. The average Bonchev–Trinajstić information content (AvgIpc) is 3.05. The Kier molecular flexibility index (Phi) is 2.36. The van der Waals surface area contributed by atoms with Crippen LogP contribution in [0.3, 0.4) is 0 Å². The predicted octanol–water partition coefficient (Wildman–Crippen LogP) is 2.43. The number of halogens is 2. The van der Waals surface area contributed by atoms with Gasteiger partial charge in [-0.15, -0.1) is 0 Å². The molecule has 3 nitrogen and oxygen atoms in total. The lowest BCUT2D eigenvalue weighted by Crippen LogP contribution is -2.13. The van der Waals surface area contributed by atoms with Gasteiger partial charge in [-0.1, -0.05) is 6.07 Å². The Balaban J connectivity index is 2.42. The molecule has 0 unspecified atom stereocenters. The molecule has 1 aromatic carbocycles. The van der Waals surface area contributed by atoms with Gasteiger partial charge in [0.15, 0.2) is 11.4 Å². The van der Waals surface area contributed by atoms with Crippen LogP contribution in [-0.2, 0) is 0 Å². The van der Waals surface area contributed by atoms with Crippen molar-refractivity contribution in [1.29, 1.82) is 0 Å². The third-order valence-corrected chi connectivity index (χ3v) is 3.22. The number of hydrogen-bond acceptors (Lipinski definition) is 2. The highest BCUT2D eigenvalue weighted by Gasteiger charge is 2.41. The summed E-state index contributed by atoms with van der Waals surface area (Å²) in [6.45, 7) is 0. The van der Waals surface area contributed by atoms with Crippen molar-refractivity contribution in [2.24, 2.45) is 0 Å². The summed E-state index contributed by atoms with van der Waals surface area (Å²) in [6.07, 6.45) is -0.789. The summed E-state index contributed by atoms with van der Waals surface area (Å²) in [6, 6.07) is 5.24. The molecule has 0 N–H and O–H groups in total. The summed E-state index contributed by atoms with van der Waals surface area (Å²) in [5, 5.41) is 0.342. The van der Waals surface area contributed by atoms with Gasteiger partial charge in [-0.2, -0.15) is 4.39 Å². The molecule has 0 bridgehead atoms. The molecule has 1 fully saturated rings. The number of aromatic nitrogens is 1. The van der Waals surface area contributed by atoms with E-state index in [9.17, 15) is 13.6 Å². The van der Waals surface area contributed by atoms with Gasteiger partial charge in [0.2, 0.25) is 0 Å². The SMILES string of the molecule is COc1cccc2c(=O)cc(F)n([C@@H]3C[C@@H]3F)c12. The summed E-state index contributed by atoms with van der Waals surface area (Å²) < 4.78 is 33.5. The number of nitrogens with zero attached hydrogens (tertiary/aromatic N) is 1. The molecular weight excluding hydrogens is 240 g/mol. The maximum Gasteiger partial charge on any atom is 0.198 e. The van der Waals surface area contributed by atoms with E-state index in [2.05, 4.69) is 0 Å². The van der Waals surface area contributed by atoms with Gasteiger partial charge in [0.25, 0.3) is 0 Å². The summed E-state index contributed by atoms with van der Waals surface area (Å²) >= 11 is 0. The van der Waals surface area contributed by atoms with Gasteiger partial charge in [-0.3, -0.25) is 4.79 Å². The van der Waals surface area contributed by atoms with Gasteiger partial charge in [0, 0.05) is 17.9 Å². The summed E-state index contributed by atoms with van der Waals surface area (Å²) in [7, 11) is 1.44. The Labute approximate surface area is 102 Å². The number of alkyl halides is 1. The molecule has 0 amide bonds. The highest BCUT2D eigenvalue weighted by Crippen LogP contribution is 2.42. The molecule has 1 aliphatic carbocycles. The van der Waals surface area contributed by atoms with Crippen LogP contribution in [0.1, 0.15) is 12.5 Å². The van der Waals surface area contributed by atoms with E-state index >= 15 is 0 Å². The monoisotopic (exact) mass is 251 g/mol. The quantitative estimate of drug-likeness (QED) is 0.767. The molecule has 94 valence electrons. The Hall–Kier alpha value is -1.91. The van der Waals surface area contributed by atoms with Crippen molar-refractivity contribution in [2.45, 2.75) is 18.6 Å². The van der Waals surface area contributed by atoms with Crippen molar-refractivity contribution in [2.75, 3.05) is 7.11 Å². The predicted molar refractivity (Wildman–Crippen MR) is 63.3 cm³/mol. The van der Waals surface area contributed by atoms with E-state index in [1.54, 1.807) is 18.2 Å². The average molecular weight is 251 g/mol. The number of pyridine rings is 1. The molecule has 2 atom stereocenters. The first-order valence-electron chi connectivity index (χ1n) is 5.65. The number of para-hydroxylation sites is 1. The van der Waals surface area contributed by atoms with E-state index in [0.29, 0.717) is 16.7 Å². The minimum atomic E-state index is -1.06. The number of rotatable bonds is 2. The molecule has 0 aliphatic heterocycles. The Morgan fingerprint density at radius 1 is 1.44 bits per heavy atom. The first-order valence-corrected chi connectivity index (χ1v) is 5.65. The van der Waals surface area contributed by atoms with Crippen molar-refractivity contribution in [3.05, 3.63) is 40.4 Å². The highest BCUT2D eigenvalue weighted by atomic mass is 19.1. The second-order valence-corrected chi connectivity index (χ2v) is 4.38. The zero-order chi connectivity index (χ0) is 12.9. The molecule has 0 saturated heterocycles. The largest absolute Gasteiger partial charge is 0.495 e. The highest BCUT2D eigenvalue weighted by molar-refractivity contribution is 5.85. The number of fused-ring (bicyclic) bond motifs is 1. The van der Waals surface area contributed by atoms with Crippen molar-refractivity contribution in [3.63, 3.8) is 0 Å². The number of ether oxygens (including phenoxy) is 1. The van der Waals surface area contributed by atoms with Gasteiger partial charge < -0.3 is 9.30 Å². The lowest BCUT2D eigenvalue weighted by atomic mass is 10.2. The van der Waals surface area contributed by atoms with Crippen molar-refractivity contribution >= 4 is 10.9 Å². The Bertz CT molecular complexity index is 680. The number of benzene rings is 1. The van der Waals surface area contributed by atoms with E-state index in [0.717, 1.165) is 6.07 Å². The second kappa shape index (κ2) is 3.80. The molecular formula is C13H11F2NO2. The molecule has 0 spiro atoms. The van der Waals surface area contributed by atoms with Crippen LogP contribution < -0.4 is 10.2 Å². The molecule has 1 aliphatic rings. The first kappa shape index (κ1) is 11.2. The van der Waals surface area contributed by atoms with E-state index in [1.165, 1.54) is 11.7 Å². The van der Waals surface area contributed by atoms with Crippen molar-refractivity contribution in [1.82, 2.24) is 4.57 Å². The fourth-order valence-corrected chi connectivity index (χ4v) is 2.24. The van der Waals surface area contributed by atoms with Crippen LogP contribution in [0.25, 0.3) is 10.9 Å².